The summed E-state index contributed by atoms with van der Waals surface area (Å²) in [4.78, 5) is 2.52. The van der Waals surface area contributed by atoms with Gasteiger partial charge in [-0.1, -0.05) is 6.92 Å². The lowest BCUT2D eigenvalue weighted by Crippen LogP contribution is -2.45. The van der Waals surface area contributed by atoms with Crippen LogP contribution in [0, 0.1) is 5.92 Å². The van der Waals surface area contributed by atoms with Gasteiger partial charge in [0.1, 0.15) is 5.84 Å². The number of likely N-dealkylation sites (tertiary alicyclic amines) is 1. The van der Waals surface area contributed by atoms with E-state index in [2.05, 4.69) is 29.3 Å². The van der Waals surface area contributed by atoms with Gasteiger partial charge in [-0.3, -0.25) is 0 Å². The van der Waals surface area contributed by atoms with Crippen molar-refractivity contribution in [2.24, 2.45) is 22.7 Å². The van der Waals surface area contributed by atoms with Crippen LogP contribution in [-0.2, 0) is 0 Å². The van der Waals surface area contributed by atoms with Crippen LogP contribution in [-0.4, -0.2) is 29.9 Å². The smallest absolute Gasteiger partial charge is 0.139 e. The normalized spacial score (nSPS) is 22.7. The first-order valence-corrected chi connectivity index (χ1v) is 5.71. The minimum Gasteiger partial charge on any atom is -0.322 e. The van der Waals surface area contributed by atoms with Gasteiger partial charge in [0.05, 0.1) is 0 Å². The minimum absolute atomic E-state index is 0.403. The zero-order chi connectivity index (χ0) is 11.3. The molecule has 0 aliphatic carbocycles. The van der Waals surface area contributed by atoms with Crippen LogP contribution in [0.5, 0.6) is 0 Å². The molecule has 1 fully saturated rings. The van der Waals surface area contributed by atoms with E-state index in [1.807, 2.05) is 0 Å². The average molecular weight is 213 g/mol. The summed E-state index contributed by atoms with van der Waals surface area (Å²) in [6.45, 7) is 6.73. The maximum Gasteiger partial charge on any atom is 0.139 e. The van der Waals surface area contributed by atoms with Crippen LogP contribution < -0.4 is 17.1 Å². The lowest BCUT2D eigenvalue weighted by molar-refractivity contribution is 0.155. The van der Waals surface area contributed by atoms with Crippen LogP contribution in [0.2, 0.25) is 0 Å². The molecule has 5 heteroatoms. The Kier molecular flexibility index (Phi) is 4.84. The van der Waals surface area contributed by atoms with Crippen LogP contribution in [0.3, 0.4) is 0 Å². The van der Waals surface area contributed by atoms with Crippen molar-refractivity contribution in [3.8, 4) is 0 Å². The summed E-state index contributed by atoms with van der Waals surface area (Å²) in [6.07, 6.45) is 3.38. The molecular formula is C10H23N5. The lowest BCUT2D eigenvalue weighted by Gasteiger charge is -2.35. The first-order chi connectivity index (χ1) is 7.22. The number of hydrogen-bond donors (Lipinski definition) is 3. The molecule has 0 aromatic rings. The molecule has 5 N–H and O–H groups in total. The number of nitrogens with zero attached hydrogens (tertiary/aromatic N) is 2. The summed E-state index contributed by atoms with van der Waals surface area (Å²) in [5.41, 5.74) is 2.59. The number of hydrazone groups is 1. The molecular weight excluding hydrogens is 190 g/mol. The van der Waals surface area contributed by atoms with E-state index < -0.39 is 0 Å². The number of hydrazine groups is 1. The van der Waals surface area contributed by atoms with Crippen molar-refractivity contribution in [3.05, 3.63) is 0 Å². The molecule has 0 amide bonds. The molecule has 0 aromatic heterocycles. The SMILES string of the molecule is CCC(C)N1CCC(/C(=N/N)NN)CC1. The molecule has 88 valence electrons. The van der Waals surface area contributed by atoms with Gasteiger partial charge in [0.25, 0.3) is 0 Å². The molecule has 0 saturated carbocycles. The van der Waals surface area contributed by atoms with Crippen molar-refractivity contribution in [2.75, 3.05) is 13.1 Å². The summed E-state index contributed by atoms with van der Waals surface area (Å²) >= 11 is 0. The Bertz CT molecular complexity index is 208. The fourth-order valence-electron chi connectivity index (χ4n) is 2.13. The maximum absolute atomic E-state index is 5.36. The van der Waals surface area contributed by atoms with Gasteiger partial charge in [-0.15, -0.1) is 0 Å². The van der Waals surface area contributed by atoms with Crippen molar-refractivity contribution in [1.82, 2.24) is 10.3 Å². The average Bonchev–Trinajstić information content (AvgIpc) is 2.30. The quantitative estimate of drug-likeness (QED) is 0.271. The Morgan fingerprint density at radius 3 is 2.53 bits per heavy atom. The number of hydrogen-bond acceptors (Lipinski definition) is 4. The van der Waals surface area contributed by atoms with Gasteiger partial charge in [0.2, 0.25) is 0 Å². The molecule has 1 aliphatic rings. The third-order valence-electron chi connectivity index (χ3n) is 3.42. The van der Waals surface area contributed by atoms with Gasteiger partial charge in [-0.2, -0.15) is 5.10 Å². The Balaban J connectivity index is 2.42. The van der Waals surface area contributed by atoms with E-state index in [1.165, 1.54) is 6.42 Å². The highest BCUT2D eigenvalue weighted by Gasteiger charge is 2.24. The molecule has 1 rings (SSSR count). The molecule has 0 aromatic carbocycles. The van der Waals surface area contributed by atoms with Gasteiger partial charge in [-0.05, 0) is 39.3 Å². The van der Waals surface area contributed by atoms with Gasteiger partial charge in [-0.25, -0.2) is 5.84 Å². The van der Waals surface area contributed by atoms with E-state index >= 15 is 0 Å². The number of amidine groups is 1. The first-order valence-electron chi connectivity index (χ1n) is 5.71. The molecule has 15 heavy (non-hydrogen) atoms. The number of nitrogens with one attached hydrogen (secondary N) is 1. The number of rotatable bonds is 3. The number of nitrogens with two attached hydrogens (primary N) is 2. The van der Waals surface area contributed by atoms with Gasteiger partial charge < -0.3 is 16.2 Å². The van der Waals surface area contributed by atoms with E-state index in [9.17, 15) is 0 Å². The third kappa shape index (κ3) is 3.07. The van der Waals surface area contributed by atoms with Crippen molar-refractivity contribution in [1.29, 1.82) is 0 Å². The predicted molar refractivity (Wildman–Crippen MR) is 63.0 cm³/mol. The summed E-state index contributed by atoms with van der Waals surface area (Å²) < 4.78 is 0. The molecule has 1 saturated heterocycles. The van der Waals surface area contributed by atoms with Crippen molar-refractivity contribution in [3.63, 3.8) is 0 Å². The highest BCUT2D eigenvalue weighted by atomic mass is 15.3. The maximum atomic E-state index is 5.36. The molecule has 1 aliphatic heterocycles. The van der Waals surface area contributed by atoms with E-state index in [-0.39, 0.29) is 0 Å². The molecule has 5 nitrogen and oxygen atoms in total. The predicted octanol–water partition coefficient (Wildman–Crippen LogP) is 0.232. The van der Waals surface area contributed by atoms with Crippen LogP contribution in [0.4, 0.5) is 0 Å². The summed E-state index contributed by atoms with van der Waals surface area (Å²) in [7, 11) is 0. The fraction of sp³-hybridized carbons (Fsp3) is 0.900. The second-order valence-electron chi connectivity index (χ2n) is 4.23. The summed E-state index contributed by atoms with van der Waals surface area (Å²) in [6, 6.07) is 0.676. The fourth-order valence-corrected chi connectivity index (χ4v) is 2.13. The van der Waals surface area contributed by atoms with Gasteiger partial charge in [0, 0.05) is 12.0 Å². The van der Waals surface area contributed by atoms with Crippen LogP contribution in [0.15, 0.2) is 5.10 Å². The zero-order valence-corrected chi connectivity index (χ0v) is 9.74. The second-order valence-corrected chi connectivity index (χ2v) is 4.23. The van der Waals surface area contributed by atoms with Crippen molar-refractivity contribution < 1.29 is 0 Å². The highest BCUT2D eigenvalue weighted by molar-refractivity contribution is 5.83. The number of piperidine rings is 1. The van der Waals surface area contributed by atoms with Crippen molar-refractivity contribution in [2.45, 2.75) is 39.2 Å². The summed E-state index contributed by atoms with van der Waals surface area (Å²) in [5.74, 6) is 11.8. The Hall–Kier alpha value is -0.810. The topological polar surface area (TPSA) is 79.7 Å². The van der Waals surface area contributed by atoms with Crippen LogP contribution in [0.25, 0.3) is 0 Å². The lowest BCUT2D eigenvalue weighted by atomic mass is 9.94. The Morgan fingerprint density at radius 2 is 2.13 bits per heavy atom. The van der Waals surface area contributed by atoms with Crippen LogP contribution >= 0.6 is 0 Å². The standard InChI is InChI=1S/C10H23N5/c1-3-8(2)15-6-4-9(5-7-15)10(13-11)14-12/h8-9H,3-7,11-12H2,1-2H3,(H,13,14). The largest absolute Gasteiger partial charge is 0.322 e. The molecule has 1 unspecified atom stereocenters. The minimum atomic E-state index is 0.403. The van der Waals surface area contributed by atoms with E-state index in [4.69, 9.17) is 11.7 Å². The van der Waals surface area contributed by atoms with Crippen molar-refractivity contribution >= 4 is 5.84 Å². The van der Waals surface area contributed by atoms with E-state index in [0.717, 1.165) is 31.8 Å². The van der Waals surface area contributed by atoms with Crippen LogP contribution in [0.1, 0.15) is 33.1 Å². The van der Waals surface area contributed by atoms with Gasteiger partial charge >= 0.3 is 0 Å². The first kappa shape index (κ1) is 12.3. The monoisotopic (exact) mass is 213 g/mol. The Morgan fingerprint density at radius 1 is 1.53 bits per heavy atom. The molecule has 0 spiro atoms. The van der Waals surface area contributed by atoms with E-state index in [0.29, 0.717) is 12.0 Å². The molecule has 0 radical (unpaired) electrons. The van der Waals surface area contributed by atoms with Gasteiger partial charge in [0.15, 0.2) is 0 Å². The molecule has 1 heterocycles. The molecule has 0 bridgehead atoms. The summed E-state index contributed by atoms with van der Waals surface area (Å²) in [5, 5.41) is 3.68. The highest BCUT2D eigenvalue weighted by Crippen LogP contribution is 2.20. The Labute approximate surface area is 91.8 Å². The molecule has 1 atom stereocenters. The second kappa shape index (κ2) is 5.92. The third-order valence-corrected chi connectivity index (χ3v) is 3.42. The van der Waals surface area contributed by atoms with E-state index in [1.54, 1.807) is 0 Å². The zero-order valence-electron chi connectivity index (χ0n) is 9.74.